The third-order valence-corrected chi connectivity index (χ3v) is 5.27. The number of carbonyl (C=O) groups is 1. The van der Waals surface area contributed by atoms with Crippen molar-refractivity contribution in [3.63, 3.8) is 0 Å². The Morgan fingerprint density at radius 2 is 1.93 bits per heavy atom. The molecule has 2 aromatic rings. The molecule has 0 aliphatic carbocycles. The van der Waals surface area contributed by atoms with Gasteiger partial charge in [-0.1, -0.05) is 32.6 Å². The Kier molecular flexibility index (Phi) is 7.57. The molecule has 0 amide bonds. The van der Waals surface area contributed by atoms with Crippen molar-refractivity contribution in [1.82, 2.24) is 19.5 Å². The Morgan fingerprint density at radius 1 is 1.17 bits per heavy atom. The normalized spacial score (nSPS) is 23.8. The summed E-state index contributed by atoms with van der Waals surface area (Å²) in [5.41, 5.74) is 1.04. The molecule has 30 heavy (non-hydrogen) atoms. The molecule has 0 spiro atoms. The molecule has 2 aromatic heterocycles. The zero-order valence-corrected chi connectivity index (χ0v) is 17.8. The smallest absolute Gasteiger partial charge is 0.305 e. The molecule has 1 aliphatic rings. The van der Waals surface area contributed by atoms with Gasteiger partial charge in [0.15, 0.2) is 23.2 Å². The number of nitrogens with zero attached hydrogens (tertiary/aromatic N) is 5. The van der Waals surface area contributed by atoms with Gasteiger partial charge in [0.05, 0.1) is 6.33 Å². The summed E-state index contributed by atoms with van der Waals surface area (Å²) in [4.78, 5) is 26.6. The van der Waals surface area contributed by atoms with Gasteiger partial charge >= 0.3 is 5.97 Å². The molecule has 1 aliphatic heterocycles. The van der Waals surface area contributed by atoms with Crippen LogP contribution in [-0.4, -0.2) is 74.7 Å². The number of aliphatic hydroxyl groups is 2. The second-order valence-corrected chi connectivity index (χ2v) is 7.81. The molecular formula is C20H31N5O5. The maximum Gasteiger partial charge on any atom is 0.305 e. The van der Waals surface area contributed by atoms with Gasteiger partial charge in [0, 0.05) is 20.5 Å². The standard InChI is InChI=1S/C20H31N5O5/c1-4-5-6-7-8-9-14(26)29-10-13-16(27)17(28)20(30-13)25-12-23-15-18(24(2)3)21-11-22-19(15)25/h11-13,16-17,20,27-28H,4-10H2,1-3H3/t13-,16-,17-,20-/m1/s1. The van der Waals surface area contributed by atoms with Crippen molar-refractivity contribution in [1.29, 1.82) is 0 Å². The van der Waals surface area contributed by atoms with Gasteiger partial charge in [-0.3, -0.25) is 9.36 Å². The molecule has 0 unspecified atom stereocenters. The van der Waals surface area contributed by atoms with Crippen molar-refractivity contribution >= 4 is 23.0 Å². The van der Waals surface area contributed by atoms with Gasteiger partial charge in [-0.25, -0.2) is 15.0 Å². The van der Waals surface area contributed by atoms with Crippen LogP contribution < -0.4 is 4.90 Å². The van der Waals surface area contributed by atoms with Crippen LogP contribution in [0.4, 0.5) is 5.82 Å². The predicted octanol–water partition coefficient (Wildman–Crippen LogP) is 1.42. The number of aliphatic hydroxyl groups excluding tert-OH is 2. The first-order valence-corrected chi connectivity index (χ1v) is 10.5. The summed E-state index contributed by atoms with van der Waals surface area (Å²) in [5, 5.41) is 20.9. The Bertz CT molecular complexity index is 842. The molecule has 1 saturated heterocycles. The lowest BCUT2D eigenvalue weighted by Crippen LogP contribution is -2.34. The fourth-order valence-corrected chi connectivity index (χ4v) is 3.57. The molecule has 0 bridgehead atoms. The van der Waals surface area contributed by atoms with E-state index in [4.69, 9.17) is 9.47 Å². The van der Waals surface area contributed by atoms with Crippen LogP contribution in [0, 0.1) is 0 Å². The fraction of sp³-hybridized carbons (Fsp3) is 0.700. The van der Waals surface area contributed by atoms with Crippen molar-refractivity contribution in [3.8, 4) is 0 Å². The Hall–Kier alpha value is -2.30. The second kappa shape index (κ2) is 10.1. The molecule has 2 N–H and O–H groups in total. The molecule has 0 saturated carbocycles. The lowest BCUT2D eigenvalue weighted by molar-refractivity contribution is -0.150. The summed E-state index contributed by atoms with van der Waals surface area (Å²) in [6, 6.07) is 0. The molecule has 166 valence electrons. The topological polar surface area (TPSA) is 123 Å². The largest absolute Gasteiger partial charge is 0.463 e. The van der Waals surface area contributed by atoms with Crippen LogP contribution in [0.5, 0.6) is 0 Å². The Balaban J connectivity index is 1.60. The second-order valence-electron chi connectivity index (χ2n) is 7.81. The third kappa shape index (κ3) is 4.88. The molecule has 4 atom stereocenters. The van der Waals surface area contributed by atoms with Crippen LogP contribution in [0.25, 0.3) is 11.2 Å². The number of imidazole rings is 1. The minimum absolute atomic E-state index is 0.118. The Morgan fingerprint density at radius 3 is 2.67 bits per heavy atom. The van der Waals surface area contributed by atoms with E-state index >= 15 is 0 Å². The number of ether oxygens (including phenoxy) is 2. The van der Waals surface area contributed by atoms with E-state index in [9.17, 15) is 15.0 Å². The van der Waals surface area contributed by atoms with E-state index in [1.807, 2.05) is 19.0 Å². The van der Waals surface area contributed by atoms with Gasteiger partial charge in [-0.15, -0.1) is 0 Å². The first-order valence-electron chi connectivity index (χ1n) is 10.5. The van der Waals surface area contributed by atoms with Gasteiger partial charge in [0.1, 0.15) is 31.2 Å². The molecule has 3 heterocycles. The lowest BCUT2D eigenvalue weighted by Gasteiger charge is -2.17. The molecule has 10 heteroatoms. The SMILES string of the molecule is CCCCCCCC(=O)OC[C@H]1O[C@@H](n2cnc3c(N(C)C)ncnc32)[C@H](O)[C@@H]1O. The molecule has 1 fully saturated rings. The number of unbranched alkanes of at least 4 members (excludes halogenated alkanes) is 4. The van der Waals surface area contributed by atoms with E-state index < -0.39 is 24.5 Å². The van der Waals surface area contributed by atoms with Gasteiger partial charge in [-0.2, -0.15) is 0 Å². The van der Waals surface area contributed by atoms with Crippen molar-refractivity contribution in [3.05, 3.63) is 12.7 Å². The van der Waals surface area contributed by atoms with Crippen LogP contribution in [0.15, 0.2) is 12.7 Å². The van der Waals surface area contributed by atoms with Crippen LogP contribution >= 0.6 is 0 Å². The molecule has 0 radical (unpaired) electrons. The average molecular weight is 421 g/mol. The number of hydrogen-bond donors (Lipinski definition) is 2. The number of rotatable bonds is 10. The molecular weight excluding hydrogens is 390 g/mol. The first-order chi connectivity index (χ1) is 14.4. The van der Waals surface area contributed by atoms with Gasteiger partial charge in [0.2, 0.25) is 0 Å². The van der Waals surface area contributed by atoms with E-state index in [2.05, 4.69) is 21.9 Å². The van der Waals surface area contributed by atoms with Crippen molar-refractivity contribution in [2.75, 3.05) is 25.6 Å². The average Bonchev–Trinajstić information content (AvgIpc) is 3.27. The summed E-state index contributed by atoms with van der Waals surface area (Å²) in [6.45, 7) is 2.02. The van der Waals surface area contributed by atoms with Gasteiger partial charge in [0.25, 0.3) is 0 Å². The van der Waals surface area contributed by atoms with E-state index in [-0.39, 0.29) is 12.6 Å². The summed E-state index contributed by atoms with van der Waals surface area (Å²) in [5.74, 6) is 0.313. The third-order valence-electron chi connectivity index (χ3n) is 5.27. The number of carbonyl (C=O) groups excluding carboxylic acids is 1. The highest BCUT2D eigenvalue weighted by molar-refractivity contribution is 5.83. The number of aromatic nitrogens is 4. The van der Waals surface area contributed by atoms with E-state index in [1.165, 1.54) is 19.1 Å². The highest BCUT2D eigenvalue weighted by Crippen LogP contribution is 2.32. The number of hydrogen-bond acceptors (Lipinski definition) is 9. The van der Waals surface area contributed by atoms with Crippen LogP contribution in [-0.2, 0) is 14.3 Å². The maximum atomic E-state index is 11.9. The maximum absolute atomic E-state index is 11.9. The zero-order valence-electron chi connectivity index (χ0n) is 17.8. The lowest BCUT2D eigenvalue weighted by atomic mass is 10.1. The Labute approximate surface area is 175 Å². The first kappa shape index (κ1) is 22.4. The monoisotopic (exact) mass is 421 g/mol. The highest BCUT2D eigenvalue weighted by atomic mass is 16.6. The number of anilines is 1. The number of esters is 1. The van der Waals surface area contributed by atoms with E-state index in [0.29, 0.717) is 23.4 Å². The van der Waals surface area contributed by atoms with Crippen LogP contribution in [0.2, 0.25) is 0 Å². The minimum atomic E-state index is -1.21. The molecule has 10 nitrogen and oxygen atoms in total. The number of fused-ring (bicyclic) bond motifs is 1. The summed E-state index contributed by atoms with van der Waals surface area (Å²) in [6.07, 6.45) is 4.33. The van der Waals surface area contributed by atoms with Crippen LogP contribution in [0.1, 0.15) is 51.7 Å². The van der Waals surface area contributed by atoms with Crippen molar-refractivity contribution in [2.45, 2.75) is 70.0 Å². The van der Waals surface area contributed by atoms with Crippen molar-refractivity contribution < 1.29 is 24.5 Å². The predicted molar refractivity (Wildman–Crippen MR) is 110 cm³/mol. The van der Waals surface area contributed by atoms with Gasteiger partial charge < -0.3 is 24.6 Å². The highest BCUT2D eigenvalue weighted by Gasteiger charge is 2.45. The summed E-state index contributed by atoms with van der Waals surface area (Å²) >= 11 is 0. The zero-order chi connectivity index (χ0) is 21.7. The van der Waals surface area contributed by atoms with E-state index in [1.54, 1.807) is 4.57 Å². The quantitative estimate of drug-likeness (QED) is 0.433. The molecule has 0 aromatic carbocycles. The van der Waals surface area contributed by atoms with Gasteiger partial charge in [-0.05, 0) is 6.42 Å². The molecule has 3 rings (SSSR count). The summed E-state index contributed by atoms with van der Waals surface area (Å²) in [7, 11) is 3.69. The minimum Gasteiger partial charge on any atom is -0.463 e. The van der Waals surface area contributed by atoms with Crippen molar-refractivity contribution in [2.24, 2.45) is 0 Å². The van der Waals surface area contributed by atoms with Crippen LogP contribution in [0.3, 0.4) is 0 Å². The fourth-order valence-electron chi connectivity index (χ4n) is 3.57. The van der Waals surface area contributed by atoms with E-state index in [0.717, 1.165) is 25.7 Å². The summed E-state index contributed by atoms with van der Waals surface area (Å²) < 4.78 is 12.6.